The molecule has 1 amide bonds. The van der Waals surface area contributed by atoms with Gasteiger partial charge in [-0.25, -0.2) is 5.43 Å². The second kappa shape index (κ2) is 8.04. The summed E-state index contributed by atoms with van der Waals surface area (Å²) >= 11 is 0. The monoisotopic (exact) mass is 455 g/mol. The van der Waals surface area contributed by atoms with Gasteiger partial charge in [0.15, 0.2) is 0 Å². The van der Waals surface area contributed by atoms with Crippen molar-refractivity contribution in [1.82, 2.24) is 25.9 Å². The smallest absolute Gasteiger partial charge is 0.406 e. The summed E-state index contributed by atoms with van der Waals surface area (Å²) in [6.45, 7) is 1.67. The Morgan fingerprint density at radius 1 is 1.03 bits per heavy atom. The molecular formula is C23H20F3N5O2. The first-order valence-electron chi connectivity index (χ1n) is 10.4. The Labute approximate surface area is 187 Å². The molecule has 0 bridgehead atoms. The van der Waals surface area contributed by atoms with Gasteiger partial charge in [0.1, 0.15) is 12.2 Å². The van der Waals surface area contributed by atoms with E-state index in [9.17, 15) is 18.0 Å². The van der Waals surface area contributed by atoms with Crippen LogP contribution in [0.4, 0.5) is 13.2 Å². The topological polar surface area (TPSA) is 83.3 Å². The van der Waals surface area contributed by atoms with E-state index in [1.54, 1.807) is 37.3 Å². The largest absolute Gasteiger partial charge is 0.420 e. The number of nitrogens with zero attached hydrogens (tertiary/aromatic N) is 3. The number of hydrazine groups is 1. The zero-order valence-electron chi connectivity index (χ0n) is 17.5. The molecule has 0 radical (unpaired) electrons. The van der Waals surface area contributed by atoms with E-state index >= 15 is 0 Å². The predicted octanol–water partition coefficient (Wildman–Crippen LogP) is 3.54. The number of carbonyl (C=O) groups excluding carboxylic acids is 1. The van der Waals surface area contributed by atoms with E-state index < -0.39 is 30.2 Å². The summed E-state index contributed by atoms with van der Waals surface area (Å²) in [5.41, 5.74) is 4.35. The van der Waals surface area contributed by atoms with E-state index in [2.05, 4.69) is 20.9 Å². The lowest BCUT2D eigenvalue weighted by Crippen LogP contribution is -2.55. The molecule has 170 valence electrons. The summed E-state index contributed by atoms with van der Waals surface area (Å²) in [6.07, 6.45) is -5.45. The first-order chi connectivity index (χ1) is 15.8. The van der Waals surface area contributed by atoms with Crippen molar-refractivity contribution in [3.8, 4) is 11.5 Å². The molecule has 2 aromatic carbocycles. The van der Waals surface area contributed by atoms with Crippen LogP contribution >= 0.6 is 0 Å². The van der Waals surface area contributed by atoms with Crippen LogP contribution in [0.25, 0.3) is 11.5 Å². The number of nitrogens with one attached hydrogen (secondary N) is 2. The van der Waals surface area contributed by atoms with Crippen LogP contribution in [-0.4, -0.2) is 39.5 Å². The minimum Gasteiger partial charge on any atom is -0.420 e. The molecule has 2 N–H and O–H groups in total. The highest BCUT2D eigenvalue weighted by atomic mass is 19.4. The zero-order chi connectivity index (χ0) is 23.2. The second-order valence-corrected chi connectivity index (χ2v) is 8.00. The number of amides is 1. The van der Waals surface area contributed by atoms with Crippen molar-refractivity contribution in [2.24, 2.45) is 0 Å². The number of halogens is 3. The van der Waals surface area contributed by atoms with E-state index in [0.717, 1.165) is 10.6 Å². The number of aromatic nitrogens is 2. The van der Waals surface area contributed by atoms with E-state index in [-0.39, 0.29) is 17.9 Å². The summed E-state index contributed by atoms with van der Waals surface area (Å²) < 4.78 is 47.4. The van der Waals surface area contributed by atoms with Gasteiger partial charge in [-0.15, -0.1) is 10.2 Å². The third kappa shape index (κ3) is 3.86. The maximum absolute atomic E-state index is 13.9. The van der Waals surface area contributed by atoms with Gasteiger partial charge in [-0.05, 0) is 24.6 Å². The number of hydrogen-bond donors (Lipinski definition) is 2. The standard InChI is InChI=1S/C23H20F3N5O2/c1-13-16(12-17-28-29-21(33-17)15-10-6-3-7-11-15)22(32)31-20(27-13)18(14-8-4-2-5-9-14)19(30-31)23(24,25)26/h2-11,18-20,27,30H,12H2,1H3. The van der Waals surface area contributed by atoms with Crippen LogP contribution < -0.4 is 10.7 Å². The number of allylic oxidation sites excluding steroid dienone is 1. The highest BCUT2D eigenvalue weighted by Gasteiger charge is 2.57. The Balaban J connectivity index is 1.43. The molecule has 5 rings (SSSR count). The summed E-state index contributed by atoms with van der Waals surface area (Å²) in [4.78, 5) is 13.3. The van der Waals surface area contributed by atoms with Crippen LogP contribution in [0.1, 0.15) is 24.3 Å². The van der Waals surface area contributed by atoms with Gasteiger partial charge in [0, 0.05) is 16.8 Å². The minimum atomic E-state index is -4.55. The first kappa shape index (κ1) is 21.2. The molecule has 0 saturated carbocycles. The molecule has 1 fully saturated rings. The normalized spacial score (nSPS) is 23.0. The molecule has 0 spiro atoms. The molecule has 1 saturated heterocycles. The fourth-order valence-corrected chi connectivity index (χ4v) is 4.32. The van der Waals surface area contributed by atoms with Crippen LogP contribution in [0.5, 0.6) is 0 Å². The van der Waals surface area contributed by atoms with Gasteiger partial charge in [-0.3, -0.25) is 9.80 Å². The Kier molecular flexibility index (Phi) is 5.16. The SMILES string of the molecule is CC1=C(Cc2nnc(-c3ccccc3)o2)C(=O)N2NC(C(F)(F)F)C(c3ccccc3)C2N1. The molecule has 3 heterocycles. The maximum atomic E-state index is 13.9. The Morgan fingerprint density at radius 2 is 1.70 bits per heavy atom. The lowest BCUT2D eigenvalue weighted by atomic mass is 9.89. The van der Waals surface area contributed by atoms with Crippen molar-refractivity contribution in [2.45, 2.75) is 37.6 Å². The van der Waals surface area contributed by atoms with Crippen LogP contribution in [0.2, 0.25) is 0 Å². The maximum Gasteiger partial charge on any atom is 0.406 e. The number of fused-ring (bicyclic) bond motifs is 1. The molecule has 3 atom stereocenters. The van der Waals surface area contributed by atoms with Crippen molar-refractivity contribution in [2.75, 3.05) is 0 Å². The van der Waals surface area contributed by atoms with Crippen molar-refractivity contribution in [3.05, 3.63) is 83.4 Å². The quantitative estimate of drug-likeness (QED) is 0.626. The lowest BCUT2D eigenvalue weighted by Gasteiger charge is -2.34. The van der Waals surface area contributed by atoms with Gasteiger partial charge in [-0.2, -0.15) is 13.2 Å². The first-order valence-corrected chi connectivity index (χ1v) is 10.4. The fourth-order valence-electron chi connectivity index (χ4n) is 4.32. The van der Waals surface area contributed by atoms with Crippen LogP contribution in [0, 0.1) is 0 Å². The van der Waals surface area contributed by atoms with Gasteiger partial charge in [0.2, 0.25) is 11.8 Å². The predicted molar refractivity (Wildman–Crippen MR) is 112 cm³/mol. The number of alkyl halides is 3. The number of rotatable bonds is 4. The third-order valence-electron chi connectivity index (χ3n) is 5.90. The van der Waals surface area contributed by atoms with Crippen LogP contribution in [-0.2, 0) is 11.2 Å². The average Bonchev–Trinajstić information content (AvgIpc) is 3.43. The van der Waals surface area contributed by atoms with E-state index in [4.69, 9.17) is 4.42 Å². The zero-order valence-corrected chi connectivity index (χ0v) is 17.5. The average molecular weight is 455 g/mol. The molecule has 1 aromatic heterocycles. The summed E-state index contributed by atoms with van der Waals surface area (Å²) in [5, 5.41) is 12.2. The summed E-state index contributed by atoms with van der Waals surface area (Å²) in [7, 11) is 0. The van der Waals surface area contributed by atoms with Gasteiger partial charge >= 0.3 is 6.18 Å². The number of hydrogen-bond acceptors (Lipinski definition) is 6. The molecule has 2 aliphatic rings. The molecule has 10 heteroatoms. The number of carbonyl (C=O) groups is 1. The van der Waals surface area contributed by atoms with E-state index in [0.29, 0.717) is 17.2 Å². The highest BCUT2D eigenvalue weighted by molar-refractivity contribution is 5.95. The van der Waals surface area contributed by atoms with Crippen molar-refractivity contribution in [1.29, 1.82) is 0 Å². The highest BCUT2D eigenvalue weighted by Crippen LogP contribution is 2.41. The number of benzene rings is 2. The van der Waals surface area contributed by atoms with E-state index in [1.807, 2.05) is 30.3 Å². The lowest BCUT2D eigenvalue weighted by molar-refractivity contribution is -0.161. The van der Waals surface area contributed by atoms with Crippen LogP contribution in [0.3, 0.4) is 0 Å². The van der Waals surface area contributed by atoms with Crippen molar-refractivity contribution >= 4 is 5.91 Å². The van der Waals surface area contributed by atoms with Gasteiger partial charge in [0.05, 0.1) is 12.3 Å². The molecule has 2 aliphatic heterocycles. The molecule has 3 unspecified atom stereocenters. The molecule has 3 aromatic rings. The van der Waals surface area contributed by atoms with Crippen molar-refractivity contribution < 1.29 is 22.4 Å². The van der Waals surface area contributed by atoms with Gasteiger partial charge in [0.25, 0.3) is 5.91 Å². The Hall–Kier alpha value is -3.66. The fraction of sp³-hybridized carbons (Fsp3) is 0.261. The van der Waals surface area contributed by atoms with Crippen LogP contribution in [0.15, 0.2) is 76.4 Å². The van der Waals surface area contributed by atoms with Gasteiger partial charge < -0.3 is 9.73 Å². The summed E-state index contributed by atoms with van der Waals surface area (Å²) in [6, 6.07) is 15.6. The van der Waals surface area contributed by atoms with Crippen molar-refractivity contribution in [3.63, 3.8) is 0 Å². The molecule has 33 heavy (non-hydrogen) atoms. The Bertz CT molecular complexity index is 1190. The Morgan fingerprint density at radius 3 is 2.36 bits per heavy atom. The van der Waals surface area contributed by atoms with Gasteiger partial charge in [-0.1, -0.05) is 48.5 Å². The second-order valence-electron chi connectivity index (χ2n) is 8.00. The third-order valence-corrected chi connectivity index (χ3v) is 5.90. The van der Waals surface area contributed by atoms with E-state index in [1.165, 1.54) is 0 Å². The summed E-state index contributed by atoms with van der Waals surface area (Å²) in [5.74, 6) is -1.07. The molecule has 0 aliphatic carbocycles. The molecule has 7 nitrogen and oxygen atoms in total. The molecular weight excluding hydrogens is 435 g/mol. The minimum absolute atomic E-state index is 0.00487.